The second kappa shape index (κ2) is 9.45. The fourth-order valence-corrected chi connectivity index (χ4v) is 2.07. The molecule has 8 heteroatoms. The number of rotatable bonds is 11. The average Bonchev–Trinajstić information content (AvgIpc) is 2.26. The fraction of sp³-hybridized carbons (Fsp3) is 1.00. The zero-order chi connectivity index (χ0) is 18.7. The zero-order valence-electron chi connectivity index (χ0n) is 14.9. The van der Waals surface area contributed by atoms with E-state index in [2.05, 4.69) is 28.1 Å². The fourth-order valence-electron chi connectivity index (χ4n) is 2.07. The predicted octanol–water partition coefficient (Wildman–Crippen LogP) is 8.00. The van der Waals surface area contributed by atoms with E-state index in [1.807, 2.05) is 0 Å². The van der Waals surface area contributed by atoms with Gasteiger partial charge in [-0.2, -0.15) is 0 Å². The minimum atomic E-state index is -10.7. The van der Waals surface area contributed by atoms with Crippen molar-refractivity contribution in [2.45, 2.75) is 71.1 Å². The summed E-state index contributed by atoms with van der Waals surface area (Å²) < 4.78 is 60.3. The van der Waals surface area contributed by atoms with Crippen molar-refractivity contribution in [2.24, 2.45) is 0 Å². The van der Waals surface area contributed by atoms with Crippen molar-refractivity contribution in [3.8, 4) is 0 Å². The molecule has 0 radical (unpaired) electrons. The molecule has 0 aliphatic heterocycles. The molecule has 0 saturated carbocycles. The number of quaternary nitrogens is 1. The molecule has 0 bridgehead atoms. The molecule has 0 amide bonds. The van der Waals surface area contributed by atoms with E-state index in [-0.39, 0.29) is 0 Å². The molecule has 0 atom stereocenters. The summed E-state index contributed by atoms with van der Waals surface area (Å²) in [5, 5.41) is 0. The number of hydrogen-bond donors (Lipinski definition) is 0. The first-order valence-corrected chi connectivity index (χ1v) is 10.4. The molecule has 0 heterocycles. The van der Waals surface area contributed by atoms with Crippen LogP contribution in [0.1, 0.15) is 71.1 Å². The molecule has 146 valence electrons. The molecule has 0 aromatic carbocycles. The maximum atomic E-state index is 9.87. The number of unbranched alkanes of at least 4 members (excludes halogenated alkanes) is 9. The van der Waals surface area contributed by atoms with Crippen LogP contribution in [-0.2, 0) is 0 Å². The van der Waals surface area contributed by atoms with Crippen LogP contribution in [-0.4, -0.2) is 32.2 Å². The van der Waals surface area contributed by atoms with Crippen molar-refractivity contribution in [1.29, 1.82) is 0 Å². The van der Waals surface area contributed by atoms with Gasteiger partial charge in [-0.05, 0) is 12.8 Å². The van der Waals surface area contributed by atoms with Crippen LogP contribution < -0.4 is 0 Å². The van der Waals surface area contributed by atoms with Crippen molar-refractivity contribution >= 4 is 7.81 Å². The molecule has 0 aromatic rings. The Balaban J connectivity index is 0. The second-order valence-corrected chi connectivity index (χ2v) is 9.07. The molecule has 0 unspecified atom stereocenters. The normalized spacial score (nSPS) is 15.4. The molecule has 0 N–H and O–H groups in total. The molecule has 0 aliphatic carbocycles. The maximum absolute atomic E-state index is 10.7. The van der Waals surface area contributed by atoms with Crippen LogP contribution in [0.15, 0.2) is 0 Å². The summed E-state index contributed by atoms with van der Waals surface area (Å²) in [5.41, 5.74) is 0. The summed E-state index contributed by atoms with van der Waals surface area (Å²) in [6, 6.07) is 0. The van der Waals surface area contributed by atoms with Crippen LogP contribution >= 0.6 is 7.81 Å². The third-order valence-corrected chi connectivity index (χ3v) is 3.18. The van der Waals surface area contributed by atoms with E-state index < -0.39 is 7.81 Å². The molecule has 23 heavy (non-hydrogen) atoms. The van der Waals surface area contributed by atoms with Crippen molar-refractivity contribution in [3.05, 3.63) is 0 Å². The first-order chi connectivity index (χ1) is 10.0. The Morgan fingerprint density at radius 1 is 0.565 bits per heavy atom. The Bertz CT molecular complexity index is 282. The van der Waals surface area contributed by atoms with Crippen LogP contribution in [0.25, 0.3) is 0 Å². The summed E-state index contributed by atoms with van der Waals surface area (Å²) >= 11 is 0. The summed E-state index contributed by atoms with van der Waals surface area (Å²) in [6.07, 6.45) is 14.4. The van der Waals surface area contributed by atoms with E-state index in [9.17, 15) is 25.2 Å². The van der Waals surface area contributed by atoms with Gasteiger partial charge in [-0.3, -0.25) is 0 Å². The Kier molecular flexibility index (Phi) is 10.4. The van der Waals surface area contributed by atoms with Crippen molar-refractivity contribution in [3.63, 3.8) is 0 Å². The molecule has 0 rings (SSSR count). The third kappa shape index (κ3) is 52.1. The molecule has 0 aromatic heterocycles. The molecule has 0 aliphatic rings. The quantitative estimate of drug-likeness (QED) is 0.149. The van der Waals surface area contributed by atoms with Gasteiger partial charge in [0.2, 0.25) is 0 Å². The van der Waals surface area contributed by atoms with Crippen LogP contribution in [0.2, 0.25) is 0 Å². The topological polar surface area (TPSA) is 0 Å². The number of hydrogen-bond acceptors (Lipinski definition) is 0. The predicted molar refractivity (Wildman–Crippen MR) is 88.3 cm³/mol. The summed E-state index contributed by atoms with van der Waals surface area (Å²) in [5.74, 6) is 0. The molecular formula is C15H34F6NP. The van der Waals surface area contributed by atoms with Gasteiger partial charge in [0.25, 0.3) is 0 Å². The van der Waals surface area contributed by atoms with Crippen molar-refractivity contribution in [2.75, 3.05) is 27.7 Å². The van der Waals surface area contributed by atoms with Gasteiger partial charge in [-0.15, -0.1) is 0 Å². The van der Waals surface area contributed by atoms with Gasteiger partial charge in [0.1, 0.15) is 0 Å². The van der Waals surface area contributed by atoms with Crippen LogP contribution in [0.3, 0.4) is 0 Å². The Labute approximate surface area is 137 Å². The summed E-state index contributed by atoms with van der Waals surface area (Å²) in [6.45, 7) is 3.62. The van der Waals surface area contributed by atoms with E-state index in [0.717, 1.165) is 4.48 Å². The first kappa shape index (κ1) is 25.2. The molecule has 0 fully saturated rings. The van der Waals surface area contributed by atoms with Gasteiger partial charge in [-0.1, -0.05) is 58.3 Å². The van der Waals surface area contributed by atoms with Gasteiger partial charge in [0.15, 0.2) is 0 Å². The van der Waals surface area contributed by atoms with Crippen molar-refractivity contribution < 1.29 is 29.7 Å². The number of halogens is 6. The summed E-state index contributed by atoms with van der Waals surface area (Å²) in [4.78, 5) is 0. The van der Waals surface area contributed by atoms with Gasteiger partial charge in [0, 0.05) is 0 Å². The number of nitrogens with zero attached hydrogens (tertiary/aromatic N) is 1. The van der Waals surface area contributed by atoms with Crippen molar-refractivity contribution in [1.82, 2.24) is 0 Å². The zero-order valence-corrected chi connectivity index (χ0v) is 15.8. The molecular weight excluding hydrogens is 339 g/mol. The standard InChI is InChI=1S/C15H34N.F6P/c1-5-6-7-8-9-10-11-12-13-14-15-16(2,3)4;1-7(2,3,4,5)6/h5-15H2,1-4H3;/q+1;-1. The second-order valence-electron chi connectivity index (χ2n) is 7.15. The van der Waals surface area contributed by atoms with Crippen LogP contribution in [0.4, 0.5) is 25.2 Å². The molecule has 0 spiro atoms. The van der Waals surface area contributed by atoms with Gasteiger partial charge in [-0.25, -0.2) is 0 Å². The third-order valence-electron chi connectivity index (χ3n) is 3.18. The SMILES string of the molecule is CCCCCCCCCCCC[N+](C)(C)C.F[P-](F)(F)(F)(F)F. The first-order valence-electron chi connectivity index (χ1n) is 8.38. The van der Waals surface area contributed by atoms with E-state index in [1.54, 1.807) is 0 Å². The van der Waals surface area contributed by atoms with Gasteiger partial charge < -0.3 is 4.48 Å². The van der Waals surface area contributed by atoms with Gasteiger partial charge in [0.05, 0.1) is 27.7 Å². The van der Waals surface area contributed by atoms with E-state index in [4.69, 9.17) is 0 Å². The Morgan fingerprint density at radius 3 is 1.09 bits per heavy atom. The average molecular weight is 373 g/mol. The summed E-state index contributed by atoms with van der Waals surface area (Å²) in [7, 11) is -3.80. The van der Waals surface area contributed by atoms with Crippen LogP contribution in [0, 0.1) is 0 Å². The van der Waals surface area contributed by atoms with Crippen LogP contribution in [0.5, 0.6) is 0 Å². The van der Waals surface area contributed by atoms with E-state index in [1.165, 1.54) is 70.8 Å². The Hall–Kier alpha value is -0.0300. The minimum absolute atomic E-state index is 1.12. The van der Waals surface area contributed by atoms with E-state index >= 15 is 0 Å². The Morgan fingerprint density at radius 2 is 0.826 bits per heavy atom. The van der Waals surface area contributed by atoms with E-state index in [0.29, 0.717) is 0 Å². The van der Waals surface area contributed by atoms with Gasteiger partial charge >= 0.3 is 33.0 Å². The molecule has 1 nitrogen and oxygen atoms in total. The molecule has 0 saturated heterocycles. The monoisotopic (exact) mass is 373 g/mol.